The quantitative estimate of drug-likeness (QED) is 0.569. The van der Waals surface area contributed by atoms with Crippen LogP contribution in [0, 0.1) is 0 Å². The fourth-order valence-corrected chi connectivity index (χ4v) is 3.80. The maximum Gasteiger partial charge on any atom is 0.329 e. The molecule has 2 aromatic heterocycles. The number of H-pyrrole nitrogens is 1. The summed E-state index contributed by atoms with van der Waals surface area (Å²) in [5.74, 6) is 0.236. The van der Waals surface area contributed by atoms with Crippen LogP contribution in [0.25, 0.3) is 11.0 Å². The predicted octanol–water partition coefficient (Wildman–Crippen LogP) is 2.91. The second-order valence-corrected chi connectivity index (χ2v) is 7.15. The van der Waals surface area contributed by atoms with E-state index in [0.29, 0.717) is 43.2 Å². The lowest BCUT2D eigenvalue weighted by Gasteiger charge is -2.37. The molecule has 31 heavy (non-hydrogen) atoms. The van der Waals surface area contributed by atoms with E-state index in [-0.39, 0.29) is 11.9 Å². The molecule has 1 aliphatic heterocycles. The van der Waals surface area contributed by atoms with Crippen molar-refractivity contribution < 1.29 is 19.1 Å². The molecule has 9 nitrogen and oxygen atoms in total. The number of hydrogen-bond donors (Lipinski definition) is 2. The molecule has 0 aliphatic carbocycles. The van der Waals surface area contributed by atoms with Gasteiger partial charge in [0.2, 0.25) is 0 Å². The van der Waals surface area contributed by atoms with Crippen LogP contribution in [0.3, 0.4) is 0 Å². The Bertz CT molecular complexity index is 1130. The molecular formula is C22H25N5O4. The van der Waals surface area contributed by atoms with Crippen LogP contribution >= 0.6 is 0 Å². The van der Waals surface area contributed by atoms with Crippen LogP contribution in [0.15, 0.2) is 36.7 Å². The number of amides is 3. The predicted molar refractivity (Wildman–Crippen MR) is 118 cm³/mol. The number of nitrogens with one attached hydrogen (secondary N) is 2. The van der Waals surface area contributed by atoms with E-state index < -0.39 is 0 Å². The number of pyridine rings is 1. The van der Waals surface area contributed by atoms with Gasteiger partial charge in [0.1, 0.15) is 11.4 Å². The minimum atomic E-state index is -0.259. The van der Waals surface area contributed by atoms with E-state index in [1.807, 2.05) is 19.2 Å². The average molecular weight is 423 g/mol. The second kappa shape index (κ2) is 8.65. The van der Waals surface area contributed by atoms with Crippen molar-refractivity contribution in [3.05, 3.63) is 47.8 Å². The summed E-state index contributed by atoms with van der Waals surface area (Å²) >= 11 is 0. The SMILES string of the molecule is CCN1C(=O)N(c2cc(OC)cc(C(=O)NCCOC)c2)Cc2cnc3[nH]ccc3c21. The van der Waals surface area contributed by atoms with Gasteiger partial charge in [-0.05, 0) is 25.1 Å². The molecule has 162 valence electrons. The molecule has 3 amide bonds. The number of hydrogen-bond acceptors (Lipinski definition) is 5. The largest absolute Gasteiger partial charge is 0.497 e. The summed E-state index contributed by atoms with van der Waals surface area (Å²) in [6.07, 6.45) is 3.61. The zero-order chi connectivity index (χ0) is 22.0. The van der Waals surface area contributed by atoms with Crippen molar-refractivity contribution in [1.29, 1.82) is 0 Å². The highest BCUT2D eigenvalue weighted by Gasteiger charge is 2.33. The van der Waals surface area contributed by atoms with Crippen molar-refractivity contribution in [1.82, 2.24) is 15.3 Å². The van der Waals surface area contributed by atoms with E-state index in [2.05, 4.69) is 15.3 Å². The van der Waals surface area contributed by atoms with Crippen LogP contribution in [0.2, 0.25) is 0 Å². The van der Waals surface area contributed by atoms with Crippen molar-refractivity contribution in [2.45, 2.75) is 13.5 Å². The monoisotopic (exact) mass is 423 g/mol. The van der Waals surface area contributed by atoms with Crippen molar-refractivity contribution in [3.63, 3.8) is 0 Å². The number of ether oxygens (including phenoxy) is 2. The minimum Gasteiger partial charge on any atom is -0.497 e. The maximum absolute atomic E-state index is 13.4. The number of nitrogens with zero attached hydrogens (tertiary/aromatic N) is 3. The van der Waals surface area contributed by atoms with E-state index in [9.17, 15) is 9.59 Å². The highest BCUT2D eigenvalue weighted by molar-refractivity contribution is 6.11. The molecule has 3 heterocycles. The number of aromatic amines is 1. The molecule has 9 heteroatoms. The van der Waals surface area contributed by atoms with E-state index in [0.717, 1.165) is 22.3 Å². The van der Waals surface area contributed by atoms with Gasteiger partial charge in [-0.3, -0.25) is 14.6 Å². The Hall–Kier alpha value is -3.59. The van der Waals surface area contributed by atoms with E-state index >= 15 is 0 Å². The van der Waals surface area contributed by atoms with Gasteiger partial charge in [0, 0.05) is 55.2 Å². The number of rotatable bonds is 7. The summed E-state index contributed by atoms with van der Waals surface area (Å²) in [6, 6.07) is 6.87. The fraction of sp³-hybridized carbons (Fsp3) is 0.318. The maximum atomic E-state index is 13.4. The standard InChI is InChI=1S/C22H25N5O4/c1-4-26-19-15(12-25-20-18(19)5-6-23-20)13-27(22(26)29)16-9-14(10-17(11-16)31-3)21(28)24-7-8-30-2/h5-6,9-12H,4,7-8,13H2,1-3H3,(H,23,25)(H,24,28). The Kier molecular flexibility index (Phi) is 5.77. The number of benzene rings is 1. The van der Waals surface area contributed by atoms with Crippen LogP contribution in [0.4, 0.5) is 16.2 Å². The van der Waals surface area contributed by atoms with Gasteiger partial charge in [0.15, 0.2) is 0 Å². The lowest BCUT2D eigenvalue weighted by atomic mass is 10.1. The van der Waals surface area contributed by atoms with E-state index in [1.54, 1.807) is 41.3 Å². The first-order valence-electron chi connectivity index (χ1n) is 10.1. The van der Waals surface area contributed by atoms with Crippen molar-refractivity contribution in [2.75, 3.05) is 43.7 Å². The normalized spacial score (nSPS) is 13.5. The lowest BCUT2D eigenvalue weighted by molar-refractivity contribution is 0.0936. The summed E-state index contributed by atoms with van der Waals surface area (Å²) in [4.78, 5) is 37.0. The Morgan fingerprint density at radius 1 is 1.29 bits per heavy atom. The highest BCUT2D eigenvalue weighted by atomic mass is 16.5. The van der Waals surface area contributed by atoms with Gasteiger partial charge in [0.05, 0.1) is 31.6 Å². The molecular weight excluding hydrogens is 398 g/mol. The number of aromatic nitrogens is 2. The van der Waals surface area contributed by atoms with Gasteiger partial charge < -0.3 is 19.8 Å². The number of urea groups is 1. The van der Waals surface area contributed by atoms with Gasteiger partial charge in [-0.15, -0.1) is 0 Å². The van der Waals surface area contributed by atoms with Crippen LogP contribution in [-0.2, 0) is 11.3 Å². The number of methoxy groups -OCH3 is 2. The summed E-state index contributed by atoms with van der Waals surface area (Å²) in [5.41, 5.74) is 3.54. The molecule has 1 aliphatic rings. The van der Waals surface area contributed by atoms with Crippen LogP contribution in [0.1, 0.15) is 22.8 Å². The van der Waals surface area contributed by atoms with Crippen LogP contribution in [0.5, 0.6) is 5.75 Å². The van der Waals surface area contributed by atoms with E-state index in [1.165, 1.54) is 7.11 Å². The van der Waals surface area contributed by atoms with Crippen molar-refractivity contribution in [3.8, 4) is 5.75 Å². The first-order chi connectivity index (χ1) is 15.1. The summed E-state index contributed by atoms with van der Waals surface area (Å²) in [6.45, 7) is 3.58. The molecule has 0 saturated carbocycles. The third-order valence-electron chi connectivity index (χ3n) is 5.30. The van der Waals surface area contributed by atoms with Gasteiger partial charge in [-0.1, -0.05) is 0 Å². The smallest absolute Gasteiger partial charge is 0.329 e. The molecule has 0 saturated heterocycles. The van der Waals surface area contributed by atoms with Gasteiger partial charge in [-0.25, -0.2) is 9.78 Å². The first kappa shape index (κ1) is 20.7. The lowest BCUT2D eigenvalue weighted by Crippen LogP contribution is -2.47. The Morgan fingerprint density at radius 2 is 2.13 bits per heavy atom. The van der Waals surface area contributed by atoms with Crippen molar-refractivity contribution in [2.24, 2.45) is 0 Å². The molecule has 0 bridgehead atoms. The Morgan fingerprint density at radius 3 is 2.87 bits per heavy atom. The van der Waals surface area contributed by atoms with E-state index in [4.69, 9.17) is 9.47 Å². The molecule has 1 aromatic carbocycles. The zero-order valence-corrected chi connectivity index (χ0v) is 17.8. The van der Waals surface area contributed by atoms with Crippen molar-refractivity contribution >= 4 is 34.3 Å². The molecule has 0 fully saturated rings. The van der Waals surface area contributed by atoms with Gasteiger partial charge >= 0.3 is 6.03 Å². The molecule has 0 spiro atoms. The first-order valence-corrected chi connectivity index (χ1v) is 10.1. The minimum absolute atomic E-state index is 0.164. The van der Waals surface area contributed by atoms with Gasteiger partial charge in [-0.2, -0.15) is 0 Å². The zero-order valence-electron chi connectivity index (χ0n) is 17.8. The Labute approximate surface area is 179 Å². The molecule has 3 aromatic rings. The van der Waals surface area contributed by atoms with Crippen LogP contribution in [-0.4, -0.2) is 55.8 Å². The molecule has 2 N–H and O–H groups in total. The third-order valence-corrected chi connectivity index (χ3v) is 5.30. The van der Waals surface area contributed by atoms with Gasteiger partial charge in [0.25, 0.3) is 5.91 Å². The average Bonchev–Trinajstić information content (AvgIpc) is 3.27. The number of fused-ring (bicyclic) bond motifs is 3. The summed E-state index contributed by atoms with van der Waals surface area (Å²) in [5, 5.41) is 3.71. The summed E-state index contributed by atoms with van der Waals surface area (Å²) < 4.78 is 10.4. The molecule has 4 rings (SSSR count). The van der Waals surface area contributed by atoms with Crippen LogP contribution < -0.4 is 19.9 Å². The molecule has 0 atom stereocenters. The highest BCUT2D eigenvalue weighted by Crippen LogP contribution is 2.37. The molecule has 0 unspecified atom stereocenters. The topological polar surface area (TPSA) is 99.8 Å². The Balaban J connectivity index is 1.73. The second-order valence-electron chi connectivity index (χ2n) is 7.15. The number of carbonyl (C=O) groups excluding carboxylic acids is 2. The number of carbonyl (C=O) groups is 2. The fourth-order valence-electron chi connectivity index (χ4n) is 3.80. The molecule has 0 radical (unpaired) electrons. The third kappa shape index (κ3) is 3.79. The number of anilines is 2. The summed E-state index contributed by atoms with van der Waals surface area (Å²) in [7, 11) is 3.11.